The molecule has 0 fully saturated rings. The first-order chi connectivity index (χ1) is 25.0. The molecule has 0 radical (unpaired) electrons. The van der Waals surface area contributed by atoms with Crippen molar-refractivity contribution in [3.8, 4) is 0 Å². The van der Waals surface area contributed by atoms with Gasteiger partial charge in [0.25, 0.3) is 0 Å². The predicted molar refractivity (Wildman–Crippen MR) is 226 cm³/mol. The molecular formula is C47H57ClN4. The lowest BCUT2D eigenvalue weighted by molar-refractivity contribution is 0.349. The second kappa shape index (κ2) is 14.5. The Morgan fingerprint density at radius 1 is 0.712 bits per heavy atom. The molecule has 4 nitrogen and oxygen atoms in total. The summed E-state index contributed by atoms with van der Waals surface area (Å²) in [6.45, 7) is 16.0. The molecule has 1 atom stereocenters. The molecule has 2 heterocycles. The molecule has 4 aromatic carbocycles. The number of nitrogens with one attached hydrogen (secondary N) is 2. The normalized spacial score (nSPS) is 22.5. The van der Waals surface area contributed by atoms with E-state index in [1.807, 2.05) is 14.1 Å². The van der Waals surface area contributed by atoms with Crippen molar-refractivity contribution < 1.29 is 0 Å². The Kier molecular flexibility index (Phi) is 10.2. The predicted octanol–water partition coefficient (Wildman–Crippen LogP) is 10.9. The first-order valence-electron chi connectivity index (χ1n) is 19.4. The Labute approximate surface area is 317 Å². The highest BCUT2D eigenvalue weighted by molar-refractivity contribution is 6.32. The van der Waals surface area contributed by atoms with Crippen LogP contribution in [-0.4, -0.2) is 45.8 Å². The first kappa shape index (κ1) is 36.5. The smallest absolute Gasteiger partial charge is 0.0651 e. The molecule has 272 valence electrons. The van der Waals surface area contributed by atoms with Crippen molar-refractivity contribution in [2.75, 3.05) is 50.1 Å². The summed E-state index contributed by atoms with van der Waals surface area (Å²) < 4.78 is 0. The van der Waals surface area contributed by atoms with E-state index < -0.39 is 0 Å². The number of benzene rings is 4. The van der Waals surface area contributed by atoms with Crippen molar-refractivity contribution >= 4 is 44.5 Å². The zero-order valence-corrected chi connectivity index (χ0v) is 33.1. The highest BCUT2D eigenvalue weighted by Gasteiger charge is 2.52. The van der Waals surface area contributed by atoms with Crippen molar-refractivity contribution in [3.63, 3.8) is 0 Å². The van der Waals surface area contributed by atoms with E-state index in [0.717, 1.165) is 63.3 Å². The number of allylic oxidation sites excluding steroid dienone is 7. The number of hydrogen-bond acceptors (Lipinski definition) is 4. The van der Waals surface area contributed by atoms with Crippen LogP contribution < -0.4 is 20.4 Å². The summed E-state index contributed by atoms with van der Waals surface area (Å²) in [5.74, 6) is 0. The van der Waals surface area contributed by atoms with Crippen molar-refractivity contribution in [2.24, 2.45) is 0 Å². The summed E-state index contributed by atoms with van der Waals surface area (Å²) in [4.78, 5) is 5.22. The van der Waals surface area contributed by atoms with Gasteiger partial charge in [-0.3, -0.25) is 0 Å². The fraction of sp³-hybridized carbons (Fsp3) is 0.404. The van der Waals surface area contributed by atoms with Crippen LogP contribution in [0.2, 0.25) is 0 Å². The van der Waals surface area contributed by atoms with E-state index in [2.05, 4.69) is 152 Å². The lowest BCUT2D eigenvalue weighted by Crippen LogP contribution is -2.52. The van der Waals surface area contributed by atoms with Gasteiger partial charge in [-0.15, -0.1) is 0 Å². The van der Waals surface area contributed by atoms with Gasteiger partial charge in [-0.1, -0.05) is 118 Å². The third-order valence-corrected chi connectivity index (χ3v) is 13.0. The Morgan fingerprint density at radius 2 is 1.33 bits per heavy atom. The minimum atomic E-state index is -0.225. The van der Waals surface area contributed by atoms with Gasteiger partial charge in [0.15, 0.2) is 0 Å². The first-order valence-corrected chi connectivity index (χ1v) is 19.8. The van der Waals surface area contributed by atoms with E-state index >= 15 is 0 Å². The summed E-state index contributed by atoms with van der Waals surface area (Å²) in [7, 11) is 4.08. The largest absolute Gasteiger partial charge is 0.361 e. The Balaban J connectivity index is 1.25. The van der Waals surface area contributed by atoms with Gasteiger partial charge < -0.3 is 20.4 Å². The lowest BCUT2D eigenvalue weighted by atomic mass is 9.69. The molecule has 0 amide bonds. The van der Waals surface area contributed by atoms with Gasteiger partial charge >= 0.3 is 0 Å². The van der Waals surface area contributed by atoms with E-state index in [-0.39, 0.29) is 16.4 Å². The second-order valence-electron chi connectivity index (χ2n) is 16.2. The van der Waals surface area contributed by atoms with Gasteiger partial charge in [0.05, 0.1) is 5.54 Å². The molecule has 2 N–H and O–H groups in total. The third-order valence-electron chi connectivity index (χ3n) is 12.5. The van der Waals surface area contributed by atoms with E-state index in [1.165, 1.54) is 60.9 Å². The SMILES string of the molecule is CNCCCN1/C(=C/C=C2\CCCC(/C=C/C3(C)N(CCCNC)c4ccc5ccccc5c4C3(C)C)=C2Cl)C(C)(C)c2c1ccc1ccccc21. The summed E-state index contributed by atoms with van der Waals surface area (Å²) >= 11 is 7.41. The highest BCUT2D eigenvalue weighted by atomic mass is 35.5. The fourth-order valence-electron chi connectivity index (χ4n) is 9.39. The molecule has 4 aromatic rings. The van der Waals surface area contributed by atoms with E-state index in [4.69, 9.17) is 11.6 Å². The minimum absolute atomic E-state index is 0.117. The highest BCUT2D eigenvalue weighted by Crippen LogP contribution is 2.55. The molecule has 5 heteroatoms. The number of rotatable bonds is 11. The van der Waals surface area contributed by atoms with Gasteiger partial charge in [-0.05, 0) is 128 Å². The summed E-state index contributed by atoms with van der Waals surface area (Å²) in [5, 5.41) is 13.0. The van der Waals surface area contributed by atoms with E-state index in [1.54, 1.807) is 0 Å². The monoisotopic (exact) mass is 712 g/mol. The molecule has 1 aliphatic carbocycles. The standard InChI is InChI=1S/C47H57ClN4/c1-45(2)41(51(31-13-29-49-6)39-24-21-33-15-8-10-19-37(33)42(39)45)26-23-35-17-12-18-36(44(35)48)27-28-47(5)46(3,4)43-38-20-11-9-16-34(38)22-25-40(43)52(47)32-14-30-50-7/h8-11,15-16,19-28,49-50H,12-14,17-18,29-32H2,1-7H3/b28-27+,35-23+,41-26+. The maximum Gasteiger partial charge on any atom is 0.0651 e. The molecule has 0 saturated heterocycles. The molecule has 0 bridgehead atoms. The molecular weight excluding hydrogens is 656 g/mol. The maximum absolute atomic E-state index is 7.41. The molecule has 0 saturated carbocycles. The summed E-state index contributed by atoms with van der Waals surface area (Å²) in [5.41, 5.74) is 8.91. The van der Waals surface area contributed by atoms with Crippen molar-refractivity contribution in [1.29, 1.82) is 0 Å². The number of hydrogen-bond donors (Lipinski definition) is 2. The van der Waals surface area contributed by atoms with Crippen LogP contribution in [0, 0.1) is 0 Å². The zero-order valence-electron chi connectivity index (χ0n) is 32.4. The lowest BCUT2D eigenvalue weighted by Gasteiger charge is -2.44. The van der Waals surface area contributed by atoms with Gasteiger partial charge in [-0.2, -0.15) is 0 Å². The molecule has 52 heavy (non-hydrogen) atoms. The molecule has 1 unspecified atom stereocenters. The Morgan fingerprint density at radius 3 is 2.00 bits per heavy atom. The topological polar surface area (TPSA) is 30.5 Å². The van der Waals surface area contributed by atoms with Gasteiger partial charge in [0.1, 0.15) is 0 Å². The van der Waals surface area contributed by atoms with Gasteiger partial charge in [-0.25, -0.2) is 0 Å². The van der Waals surface area contributed by atoms with Crippen molar-refractivity contribution in [2.45, 2.75) is 83.1 Å². The van der Waals surface area contributed by atoms with Crippen LogP contribution in [0.15, 0.2) is 119 Å². The quantitative estimate of drug-likeness (QED) is 0.152. The van der Waals surface area contributed by atoms with Crippen LogP contribution in [0.1, 0.15) is 77.8 Å². The third kappa shape index (κ3) is 6.11. The molecule has 3 aliphatic rings. The van der Waals surface area contributed by atoms with E-state index in [0.29, 0.717) is 0 Å². The van der Waals surface area contributed by atoms with Crippen molar-refractivity contribution in [1.82, 2.24) is 10.6 Å². The molecule has 7 rings (SSSR count). The van der Waals surface area contributed by atoms with Gasteiger partial charge in [0.2, 0.25) is 0 Å². The van der Waals surface area contributed by atoms with Crippen molar-refractivity contribution in [3.05, 3.63) is 130 Å². The van der Waals surface area contributed by atoms with Gasteiger partial charge in [0, 0.05) is 46.0 Å². The second-order valence-corrected chi connectivity index (χ2v) is 16.6. The number of halogens is 1. The maximum atomic E-state index is 7.41. The molecule has 0 spiro atoms. The number of anilines is 2. The Bertz CT molecular complexity index is 2100. The molecule has 0 aromatic heterocycles. The molecule has 2 aliphatic heterocycles. The number of fused-ring (bicyclic) bond motifs is 6. The summed E-state index contributed by atoms with van der Waals surface area (Å²) in [6, 6.07) is 27.0. The average Bonchev–Trinajstić information content (AvgIpc) is 3.46. The van der Waals surface area contributed by atoms with Crippen LogP contribution in [0.5, 0.6) is 0 Å². The van der Waals surface area contributed by atoms with Crippen LogP contribution in [0.3, 0.4) is 0 Å². The fourth-order valence-corrected chi connectivity index (χ4v) is 9.70. The van der Waals surface area contributed by atoms with Crippen LogP contribution >= 0.6 is 11.6 Å². The van der Waals surface area contributed by atoms with Crippen LogP contribution in [0.4, 0.5) is 11.4 Å². The zero-order chi connectivity index (χ0) is 36.7. The van der Waals surface area contributed by atoms with Crippen LogP contribution in [-0.2, 0) is 10.8 Å². The van der Waals surface area contributed by atoms with Crippen LogP contribution in [0.25, 0.3) is 21.5 Å². The van der Waals surface area contributed by atoms with E-state index in [9.17, 15) is 0 Å². The minimum Gasteiger partial charge on any atom is -0.361 e. The number of nitrogens with zero attached hydrogens (tertiary/aromatic N) is 2. The summed E-state index contributed by atoms with van der Waals surface area (Å²) in [6.07, 6.45) is 14.8. The average molecular weight is 713 g/mol. The Hall–Kier alpha value is -3.83.